The predicted molar refractivity (Wildman–Crippen MR) is 76.8 cm³/mol. The molecular formula is C13H8Br2FNO2. The van der Waals surface area contributed by atoms with Crippen LogP contribution in [-0.2, 0) is 0 Å². The van der Waals surface area contributed by atoms with Gasteiger partial charge in [-0.1, -0.05) is 31.9 Å². The molecule has 0 aliphatic carbocycles. The molecule has 0 bridgehead atoms. The summed E-state index contributed by atoms with van der Waals surface area (Å²) in [5, 5.41) is 0. The monoisotopic (exact) mass is 387 g/mol. The van der Waals surface area contributed by atoms with Crippen LogP contribution in [0.4, 0.5) is 4.39 Å². The van der Waals surface area contributed by atoms with Crippen molar-refractivity contribution in [2.75, 3.05) is 0 Å². The molecule has 19 heavy (non-hydrogen) atoms. The summed E-state index contributed by atoms with van der Waals surface area (Å²) in [4.78, 5) is 11.3. The fourth-order valence-corrected chi connectivity index (χ4v) is 2.28. The molecular weight excluding hydrogens is 381 g/mol. The van der Waals surface area contributed by atoms with Gasteiger partial charge in [-0.05, 0) is 30.3 Å². The smallest absolute Gasteiger partial charge is 0.252 e. The zero-order chi connectivity index (χ0) is 14.0. The Labute approximate surface area is 125 Å². The van der Waals surface area contributed by atoms with E-state index in [1.807, 2.05) is 0 Å². The van der Waals surface area contributed by atoms with Gasteiger partial charge in [0.25, 0.3) is 5.91 Å². The summed E-state index contributed by atoms with van der Waals surface area (Å²) in [6, 6.07) is 8.93. The molecule has 2 N–H and O–H groups in total. The molecule has 0 aliphatic heterocycles. The van der Waals surface area contributed by atoms with Gasteiger partial charge in [0, 0.05) is 15.0 Å². The lowest BCUT2D eigenvalue weighted by Gasteiger charge is -2.10. The summed E-state index contributed by atoms with van der Waals surface area (Å²) in [5.74, 6) is -0.523. The summed E-state index contributed by atoms with van der Waals surface area (Å²) < 4.78 is 20.0. The summed E-state index contributed by atoms with van der Waals surface area (Å²) >= 11 is 6.44. The van der Waals surface area contributed by atoms with E-state index in [0.717, 1.165) is 4.47 Å². The third kappa shape index (κ3) is 3.54. The van der Waals surface area contributed by atoms with Crippen LogP contribution in [-0.4, -0.2) is 5.91 Å². The second-order valence-corrected chi connectivity index (χ2v) is 5.54. The Bertz CT molecular complexity index is 626. The quantitative estimate of drug-likeness (QED) is 0.854. The number of carbonyl (C=O) groups excluding carboxylic acids is 1. The summed E-state index contributed by atoms with van der Waals surface area (Å²) in [5.41, 5.74) is 5.49. The van der Waals surface area contributed by atoms with E-state index in [1.165, 1.54) is 18.2 Å². The van der Waals surface area contributed by atoms with Crippen molar-refractivity contribution in [1.29, 1.82) is 0 Å². The fraction of sp³-hybridized carbons (Fsp3) is 0. The zero-order valence-corrected chi connectivity index (χ0v) is 12.7. The maximum atomic E-state index is 13.3. The molecule has 6 heteroatoms. The average Bonchev–Trinajstić information content (AvgIpc) is 2.26. The average molecular weight is 389 g/mol. The van der Waals surface area contributed by atoms with Gasteiger partial charge in [0.1, 0.15) is 17.3 Å². The number of amides is 1. The van der Waals surface area contributed by atoms with Crippen LogP contribution in [0.5, 0.6) is 11.5 Å². The third-order valence-corrected chi connectivity index (χ3v) is 3.22. The van der Waals surface area contributed by atoms with Crippen LogP contribution in [0.3, 0.4) is 0 Å². The highest BCUT2D eigenvalue weighted by Gasteiger charge is 2.11. The molecule has 0 unspecified atom stereocenters. The maximum Gasteiger partial charge on any atom is 0.252 e. The van der Waals surface area contributed by atoms with E-state index in [-0.39, 0.29) is 17.1 Å². The van der Waals surface area contributed by atoms with E-state index in [4.69, 9.17) is 10.5 Å². The molecule has 2 rings (SSSR count). The Morgan fingerprint density at radius 2 is 1.84 bits per heavy atom. The van der Waals surface area contributed by atoms with Gasteiger partial charge in [-0.25, -0.2) is 4.39 Å². The second kappa shape index (κ2) is 5.71. The van der Waals surface area contributed by atoms with Crippen molar-refractivity contribution in [2.45, 2.75) is 0 Å². The van der Waals surface area contributed by atoms with Crippen LogP contribution in [0.25, 0.3) is 0 Å². The van der Waals surface area contributed by atoms with Gasteiger partial charge in [0.15, 0.2) is 0 Å². The van der Waals surface area contributed by atoms with Gasteiger partial charge in [-0.3, -0.25) is 4.79 Å². The topological polar surface area (TPSA) is 52.3 Å². The molecule has 2 aromatic carbocycles. The van der Waals surface area contributed by atoms with Crippen LogP contribution < -0.4 is 10.5 Å². The first-order valence-electron chi connectivity index (χ1n) is 5.19. The van der Waals surface area contributed by atoms with Gasteiger partial charge >= 0.3 is 0 Å². The highest BCUT2D eigenvalue weighted by molar-refractivity contribution is 9.10. The summed E-state index contributed by atoms with van der Waals surface area (Å²) in [6.45, 7) is 0. The van der Waals surface area contributed by atoms with E-state index in [9.17, 15) is 9.18 Å². The number of halogens is 3. The van der Waals surface area contributed by atoms with Crippen LogP contribution in [0.2, 0.25) is 0 Å². The van der Waals surface area contributed by atoms with Crippen LogP contribution in [0.1, 0.15) is 10.4 Å². The van der Waals surface area contributed by atoms with Gasteiger partial charge < -0.3 is 10.5 Å². The van der Waals surface area contributed by atoms with E-state index in [1.54, 1.807) is 18.2 Å². The molecule has 2 aromatic rings. The van der Waals surface area contributed by atoms with Crippen molar-refractivity contribution in [3.63, 3.8) is 0 Å². The summed E-state index contributed by atoms with van der Waals surface area (Å²) in [6.07, 6.45) is 0. The van der Waals surface area contributed by atoms with Crippen LogP contribution >= 0.6 is 31.9 Å². The Hall–Kier alpha value is -1.40. The lowest BCUT2D eigenvalue weighted by molar-refractivity contribution is 0.0998. The number of rotatable bonds is 3. The maximum absolute atomic E-state index is 13.3. The largest absolute Gasteiger partial charge is 0.456 e. The van der Waals surface area contributed by atoms with Crippen molar-refractivity contribution in [3.8, 4) is 11.5 Å². The first-order chi connectivity index (χ1) is 8.95. The third-order valence-electron chi connectivity index (χ3n) is 2.27. The molecule has 0 fully saturated rings. The van der Waals surface area contributed by atoms with Gasteiger partial charge in [0.2, 0.25) is 0 Å². The normalized spacial score (nSPS) is 10.3. The molecule has 0 radical (unpaired) electrons. The Balaban J connectivity index is 2.42. The van der Waals surface area contributed by atoms with Crippen molar-refractivity contribution < 1.29 is 13.9 Å². The minimum atomic E-state index is -0.613. The van der Waals surface area contributed by atoms with Gasteiger partial charge in [0.05, 0.1) is 5.56 Å². The molecule has 0 aromatic heterocycles. The lowest BCUT2D eigenvalue weighted by Crippen LogP contribution is -2.12. The lowest BCUT2D eigenvalue weighted by atomic mass is 10.2. The highest BCUT2D eigenvalue weighted by atomic mass is 79.9. The van der Waals surface area contributed by atoms with Crippen molar-refractivity contribution in [1.82, 2.24) is 0 Å². The van der Waals surface area contributed by atoms with Crippen molar-refractivity contribution in [2.24, 2.45) is 5.73 Å². The SMILES string of the molecule is NC(=O)c1ccc(Br)cc1Oc1cc(F)cc(Br)c1. The summed E-state index contributed by atoms with van der Waals surface area (Å²) in [7, 11) is 0. The van der Waals surface area contributed by atoms with Crippen molar-refractivity contribution >= 4 is 37.8 Å². The standard InChI is InChI=1S/C13H8Br2FNO2/c14-7-1-2-11(13(17)18)12(5-7)19-10-4-8(15)3-9(16)6-10/h1-6H,(H2,17,18). The van der Waals surface area contributed by atoms with Crippen LogP contribution in [0, 0.1) is 5.82 Å². The molecule has 0 spiro atoms. The fourth-order valence-electron chi connectivity index (χ4n) is 1.50. The number of hydrogen-bond acceptors (Lipinski definition) is 2. The number of benzene rings is 2. The number of carbonyl (C=O) groups is 1. The first kappa shape index (κ1) is 14.0. The molecule has 3 nitrogen and oxygen atoms in total. The molecule has 98 valence electrons. The Morgan fingerprint density at radius 3 is 2.47 bits per heavy atom. The second-order valence-electron chi connectivity index (χ2n) is 3.71. The van der Waals surface area contributed by atoms with Crippen LogP contribution in [0.15, 0.2) is 45.3 Å². The molecule has 0 saturated heterocycles. The van der Waals surface area contributed by atoms with Crippen molar-refractivity contribution in [3.05, 3.63) is 56.7 Å². The minimum absolute atomic E-state index is 0.226. The number of nitrogens with two attached hydrogens (primary N) is 1. The first-order valence-corrected chi connectivity index (χ1v) is 6.77. The molecule has 0 heterocycles. The van der Waals surface area contributed by atoms with E-state index >= 15 is 0 Å². The number of ether oxygens (including phenoxy) is 1. The molecule has 0 aliphatic rings. The van der Waals surface area contributed by atoms with E-state index in [2.05, 4.69) is 31.9 Å². The van der Waals surface area contributed by atoms with E-state index < -0.39 is 11.7 Å². The Kier molecular flexibility index (Phi) is 4.21. The molecule has 0 atom stereocenters. The predicted octanol–water partition coefficient (Wildman–Crippen LogP) is 4.24. The zero-order valence-electron chi connectivity index (χ0n) is 9.49. The number of hydrogen-bond donors (Lipinski definition) is 1. The Morgan fingerprint density at radius 1 is 1.11 bits per heavy atom. The minimum Gasteiger partial charge on any atom is -0.456 e. The van der Waals surface area contributed by atoms with E-state index in [0.29, 0.717) is 4.47 Å². The van der Waals surface area contributed by atoms with Gasteiger partial charge in [-0.15, -0.1) is 0 Å². The molecule has 1 amide bonds. The highest BCUT2D eigenvalue weighted by Crippen LogP contribution is 2.30. The molecule has 0 saturated carbocycles. The number of primary amides is 1. The van der Waals surface area contributed by atoms with Gasteiger partial charge in [-0.2, -0.15) is 0 Å².